The van der Waals surface area contributed by atoms with Crippen LogP contribution < -0.4 is 0 Å². The van der Waals surface area contributed by atoms with Crippen LogP contribution in [0.4, 0.5) is 0 Å². The lowest BCUT2D eigenvalue weighted by Crippen LogP contribution is -2.35. The van der Waals surface area contributed by atoms with Crippen molar-refractivity contribution in [1.82, 2.24) is 0 Å². The number of hydrogen-bond acceptors (Lipinski definition) is 4. The van der Waals surface area contributed by atoms with Gasteiger partial charge < -0.3 is 4.74 Å². The van der Waals surface area contributed by atoms with E-state index in [1.165, 1.54) is 38.5 Å². The zero-order valence-electron chi connectivity index (χ0n) is 18.5. The van der Waals surface area contributed by atoms with E-state index in [4.69, 9.17) is 4.74 Å². The van der Waals surface area contributed by atoms with Gasteiger partial charge in [0.2, 0.25) is 11.6 Å². The number of carbonyl (C=O) groups is 2. The van der Waals surface area contributed by atoms with Gasteiger partial charge in [0, 0.05) is 21.9 Å². The predicted molar refractivity (Wildman–Crippen MR) is 128 cm³/mol. The minimum Gasteiger partial charge on any atom is -0.475 e. The highest BCUT2D eigenvalue weighted by atomic mass is 32.2. The normalized spacial score (nSPS) is 26.3. The van der Waals surface area contributed by atoms with Crippen LogP contribution in [0.1, 0.15) is 80.1 Å². The molecule has 3 nitrogen and oxygen atoms in total. The first kappa shape index (κ1) is 21.5. The van der Waals surface area contributed by atoms with Gasteiger partial charge in [0.05, 0.1) is 5.57 Å². The average molecular weight is 447 g/mol. The molecule has 1 saturated carbocycles. The van der Waals surface area contributed by atoms with E-state index < -0.39 is 4.93 Å². The van der Waals surface area contributed by atoms with Gasteiger partial charge in [0.15, 0.2) is 4.93 Å². The van der Waals surface area contributed by atoms with Gasteiger partial charge in [-0.2, -0.15) is 0 Å². The smallest absolute Gasteiger partial charge is 0.234 e. The van der Waals surface area contributed by atoms with Crippen molar-refractivity contribution in [3.8, 4) is 0 Å². The number of ketones is 2. The fourth-order valence-corrected chi connectivity index (χ4v) is 6.90. The highest BCUT2D eigenvalue weighted by Crippen LogP contribution is 2.57. The van der Waals surface area contributed by atoms with Crippen LogP contribution >= 0.6 is 11.8 Å². The van der Waals surface area contributed by atoms with Crippen LogP contribution in [-0.2, 0) is 9.53 Å². The van der Waals surface area contributed by atoms with Crippen LogP contribution in [0.5, 0.6) is 0 Å². The third-order valence-electron chi connectivity index (χ3n) is 7.07. The van der Waals surface area contributed by atoms with Gasteiger partial charge in [-0.05, 0) is 31.4 Å². The first-order valence-electron chi connectivity index (χ1n) is 12.1. The van der Waals surface area contributed by atoms with Crippen molar-refractivity contribution in [3.05, 3.63) is 71.3 Å². The second kappa shape index (κ2) is 9.27. The van der Waals surface area contributed by atoms with Crippen LogP contribution in [0.3, 0.4) is 0 Å². The molecule has 0 amide bonds. The third kappa shape index (κ3) is 3.94. The lowest BCUT2D eigenvalue weighted by Gasteiger charge is -2.35. The van der Waals surface area contributed by atoms with Crippen LogP contribution in [-0.4, -0.2) is 16.5 Å². The molecule has 1 aliphatic heterocycles. The summed E-state index contributed by atoms with van der Waals surface area (Å²) in [6, 6.07) is 17.8. The van der Waals surface area contributed by atoms with Crippen LogP contribution in [0, 0.1) is 5.92 Å². The molecule has 0 N–H and O–H groups in total. The minimum absolute atomic E-state index is 0.0630. The monoisotopic (exact) mass is 446 g/mol. The Hall–Kier alpha value is -2.33. The van der Waals surface area contributed by atoms with E-state index in [0.29, 0.717) is 16.9 Å². The first-order valence-corrected chi connectivity index (χ1v) is 12.9. The van der Waals surface area contributed by atoms with E-state index in [9.17, 15) is 9.59 Å². The number of ether oxygens (including phenoxy) is 1. The lowest BCUT2D eigenvalue weighted by atomic mass is 9.79. The Balaban J connectivity index is 1.59. The molecule has 1 heterocycles. The van der Waals surface area contributed by atoms with Crippen molar-refractivity contribution >= 4 is 29.1 Å². The Morgan fingerprint density at radius 3 is 2.09 bits per heavy atom. The van der Waals surface area contributed by atoms with Gasteiger partial charge >= 0.3 is 0 Å². The standard InChI is InChI=1S/C28H30O3S/c29-25-21-16-11-12-17-22(21)27-24(26(25)30)23-18-10-5-3-1-2-4-6-13-19-28(23,31-27)32-20-14-8-7-9-15-20/h7-9,11-12,14-17,23H,1-6,10,13,18-19H2/t23-,28+/m1/s1. The molecule has 0 radical (unpaired) electrons. The molecule has 5 rings (SSSR count). The van der Waals surface area contributed by atoms with Gasteiger partial charge in [-0.3, -0.25) is 9.59 Å². The number of hydrogen-bond donors (Lipinski definition) is 0. The molecule has 1 fully saturated rings. The zero-order chi connectivity index (χ0) is 22.0. The van der Waals surface area contributed by atoms with Crippen LogP contribution in [0.15, 0.2) is 65.1 Å². The Kier molecular flexibility index (Phi) is 6.23. The van der Waals surface area contributed by atoms with Crippen molar-refractivity contribution in [3.63, 3.8) is 0 Å². The Bertz CT molecular complexity index is 1040. The van der Waals surface area contributed by atoms with Gasteiger partial charge in [-0.15, -0.1) is 0 Å². The number of fused-ring (bicyclic) bond motifs is 4. The van der Waals surface area contributed by atoms with Gasteiger partial charge in [0.25, 0.3) is 0 Å². The van der Waals surface area contributed by atoms with Gasteiger partial charge in [-0.25, -0.2) is 0 Å². The summed E-state index contributed by atoms with van der Waals surface area (Å²) in [7, 11) is 0. The number of Topliss-reactive ketones (excluding diaryl/α,β-unsaturated/α-hetero) is 2. The Morgan fingerprint density at radius 1 is 0.719 bits per heavy atom. The minimum atomic E-state index is -0.543. The quantitative estimate of drug-likeness (QED) is 0.457. The summed E-state index contributed by atoms with van der Waals surface area (Å²) in [4.78, 5) is 27.0. The van der Waals surface area contributed by atoms with Crippen molar-refractivity contribution in [1.29, 1.82) is 0 Å². The fourth-order valence-electron chi connectivity index (χ4n) is 5.46. The molecule has 0 unspecified atom stereocenters. The van der Waals surface area contributed by atoms with Crippen LogP contribution in [0.25, 0.3) is 5.76 Å². The first-order chi connectivity index (χ1) is 15.7. The van der Waals surface area contributed by atoms with E-state index in [0.717, 1.165) is 36.1 Å². The van der Waals surface area contributed by atoms with Crippen molar-refractivity contribution in [2.45, 2.75) is 74.0 Å². The van der Waals surface area contributed by atoms with Gasteiger partial charge in [0.1, 0.15) is 5.76 Å². The molecule has 0 spiro atoms. The predicted octanol–water partition coefficient (Wildman–Crippen LogP) is 7.21. The number of carbonyl (C=O) groups excluding carboxylic acids is 2. The van der Waals surface area contributed by atoms with Gasteiger partial charge in [-0.1, -0.05) is 99.2 Å². The third-order valence-corrected chi connectivity index (χ3v) is 8.49. The summed E-state index contributed by atoms with van der Waals surface area (Å²) in [5.74, 6) is -0.138. The largest absolute Gasteiger partial charge is 0.475 e. The fraction of sp³-hybridized carbons (Fsp3) is 0.429. The summed E-state index contributed by atoms with van der Waals surface area (Å²) >= 11 is 1.75. The van der Waals surface area contributed by atoms with E-state index >= 15 is 0 Å². The molecular weight excluding hydrogens is 416 g/mol. The molecule has 32 heavy (non-hydrogen) atoms. The Labute approximate surface area is 194 Å². The van der Waals surface area contributed by atoms with Crippen molar-refractivity contribution in [2.24, 2.45) is 5.92 Å². The molecule has 3 aliphatic rings. The molecule has 166 valence electrons. The summed E-state index contributed by atoms with van der Waals surface area (Å²) in [5, 5.41) is 0. The van der Waals surface area contributed by atoms with Crippen molar-refractivity contribution in [2.75, 3.05) is 0 Å². The molecular formula is C28H30O3S. The van der Waals surface area contributed by atoms with Crippen molar-refractivity contribution < 1.29 is 14.3 Å². The number of benzene rings is 2. The highest BCUT2D eigenvalue weighted by molar-refractivity contribution is 8.00. The molecule has 0 bridgehead atoms. The molecule has 4 heteroatoms. The lowest BCUT2D eigenvalue weighted by molar-refractivity contribution is -0.112. The zero-order valence-corrected chi connectivity index (χ0v) is 19.3. The number of rotatable bonds is 2. The molecule has 2 atom stereocenters. The molecule has 2 aromatic rings. The number of thioether (sulfide) groups is 1. The maximum Gasteiger partial charge on any atom is 0.234 e. The topological polar surface area (TPSA) is 43.4 Å². The van der Waals surface area contributed by atoms with E-state index in [1.807, 2.05) is 24.3 Å². The highest BCUT2D eigenvalue weighted by Gasteiger charge is 2.55. The molecule has 2 aromatic carbocycles. The Morgan fingerprint density at radius 2 is 1.34 bits per heavy atom. The van der Waals surface area contributed by atoms with Crippen LogP contribution in [0.2, 0.25) is 0 Å². The summed E-state index contributed by atoms with van der Waals surface area (Å²) in [5.41, 5.74) is 1.90. The average Bonchev–Trinajstić information content (AvgIpc) is 3.12. The summed E-state index contributed by atoms with van der Waals surface area (Å²) in [6.45, 7) is 0. The second-order valence-corrected chi connectivity index (χ2v) is 10.6. The molecule has 2 aliphatic carbocycles. The molecule has 0 aromatic heterocycles. The van der Waals surface area contributed by atoms with E-state index in [-0.39, 0.29) is 17.5 Å². The second-order valence-electron chi connectivity index (χ2n) is 9.20. The molecule has 0 saturated heterocycles. The van der Waals surface area contributed by atoms with E-state index in [2.05, 4.69) is 24.3 Å². The summed E-state index contributed by atoms with van der Waals surface area (Å²) in [6.07, 6.45) is 11.4. The maximum atomic E-state index is 13.4. The summed E-state index contributed by atoms with van der Waals surface area (Å²) < 4.78 is 6.88. The SMILES string of the molecule is O=C1C(=O)c2ccccc2C2=C1[C@H]1CCCCCCCCCC[C@@]1(Sc1ccccc1)O2. The van der Waals surface area contributed by atoms with E-state index in [1.54, 1.807) is 17.8 Å². The maximum absolute atomic E-state index is 13.4.